The lowest BCUT2D eigenvalue weighted by molar-refractivity contribution is -0.141. The molecule has 0 radical (unpaired) electrons. The lowest BCUT2D eigenvalue weighted by atomic mass is 9.79. The van der Waals surface area contributed by atoms with Crippen LogP contribution in [0.1, 0.15) is 25.7 Å². The van der Waals surface area contributed by atoms with Crippen LogP contribution in [-0.2, 0) is 20.8 Å². The average molecular weight is 337 g/mol. The van der Waals surface area contributed by atoms with Crippen LogP contribution in [0.15, 0.2) is 21.9 Å². The third-order valence-corrected chi connectivity index (χ3v) is 5.40. The van der Waals surface area contributed by atoms with Crippen LogP contribution in [0, 0.1) is 0 Å². The van der Waals surface area contributed by atoms with E-state index >= 15 is 0 Å². The number of hydrogen-bond donors (Lipinski definition) is 1. The fourth-order valence-corrected chi connectivity index (χ4v) is 3.98. The van der Waals surface area contributed by atoms with Crippen molar-refractivity contribution in [3.05, 3.63) is 33.1 Å². The lowest BCUT2D eigenvalue weighted by Crippen LogP contribution is -2.53. The number of amides is 1. The van der Waals surface area contributed by atoms with E-state index in [4.69, 9.17) is 9.47 Å². The molecule has 1 saturated heterocycles. The van der Waals surface area contributed by atoms with E-state index in [9.17, 15) is 14.4 Å². The number of aromatic amines is 1. The molecular formula is C16H23N3O5. The highest BCUT2D eigenvalue weighted by Crippen LogP contribution is 2.43. The number of hydrogen-bond acceptors (Lipinski definition) is 5. The molecule has 3 rings (SSSR count). The molecule has 0 aromatic carbocycles. The fraction of sp³-hybridized carbons (Fsp3) is 0.688. The van der Waals surface area contributed by atoms with Gasteiger partial charge in [-0.1, -0.05) is 0 Å². The molecule has 2 aliphatic rings. The Hall–Kier alpha value is -1.93. The summed E-state index contributed by atoms with van der Waals surface area (Å²) in [5.41, 5.74) is -1.37. The van der Waals surface area contributed by atoms with Crippen molar-refractivity contribution in [1.29, 1.82) is 0 Å². The van der Waals surface area contributed by atoms with Crippen molar-refractivity contribution >= 4 is 5.91 Å². The third kappa shape index (κ3) is 2.91. The molecule has 0 spiro atoms. The van der Waals surface area contributed by atoms with Gasteiger partial charge < -0.3 is 14.4 Å². The van der Waals surface area contributed by atoms with Gasteiger partial charge in [0.15, 0.2) is 0 Å². The highest BCUT2D eigenvalue weighted by Gasteiger charge is 2.52. The first-order valence-electron chi connectivity index (χ1n) is 8.16. The Labute approximate surface area is 139 Å². The highest BCUT2D eigenvalue weighted by atomic mass is 16.5. The van der Waals surface area contributed by atoms with Crippen LogP contribution >= 0.6 is 0 Å². The number of ether oxygens (including phenoxy) is 2. The number of carbonyl (C=O) groups excluding carboxylic acids is 1. The summed E-state index contributed by atoms with van der Waals surface area (Å²) in [5.74, 6) is -0.148. The zero-order chi connectivity index (χ0) is 17.3. The second-order valence-electron chi connectivity index (χ2n) is 6.49. The number of H-pyrrole nitrogens is 1. The summed E-state index contributed by atoms with van der Waals surface area (Å²) in [5, 5.41) is 0. The van der Waals surface area contributed by atoms with E-state index in [1.165, 1.54) is 16.8 Å². The van der Waals surface area contributed by atoms with Crippen molar-refractivity contribution in [1.82, 2.24) is 14.5 Å². The van der Waals surface area contributed by atoms with E-state index in [1.807, 2.05) is 0 Å². The molecule has 132 valence electrons. The monoisotopic (exact) mass is 337 g/mol. The molecule has 1 aromatic heterocycles. The predicted molar refractivity (Wildman–Crippen MR) is 85.8 cm³/mol. The van der Waals surface area contributed by atoms with E-state index in [2.05, 4.69) is 4.98 Å². The van der Waals surface area contributed by atoms with Gasteiger partial charge in [0.25, 0.3) is 5.56 Å². The maximum Gasteiger partial charge on any atom is 0.328 e. The first-order chi connectivity index (χ1) is 11.5. The molecule has 2 heterocycles. The van der Waals surface area contributed by atoms with Crippen molar-refractivity contribution in [3.8, 4) is 0 Å². The normalized spacial score (nSPS) is 29.5. The number of nitrogens with one attached hydrogen (secondary N) is 1. The van der Waals surface area contributed by atoms with E-state index in [1.54, 1.807) is 19.1 Å². The van der Waals surface area contributed by atoms with Gasteiger partial charge >= 0.3 is 5.69 Å². The number of rotatable bonds is 4. The number of fused-ring (bicyclic) bond motifs is 1. The number of carbonyl (C=O) groups is 1. The van der Waals surface area contributed by atoms with Crippen LogP contribution in [0.4, 0.5) is 0 Å². The van der Waals surface area contributed by atoms with E-state index in [0.717, 1.165) is 25.7 Å². The highest BCUT2D eigenvalue weighted by molar-refractivity contribution is 5.77. The van der Waals surface area contributed by atoms with Crippen molar-refractivity contribution in [2.24, 2.45) is 0 Å². The van der Waals surface area contributed by atoms with Crippen molar-refractivity contribution in [2.45, 2.75) is 50.0 Å². The Morgan fingerprint density at radius 3 is 2.83 bits per heavy atom. The molecule has 1 N–H and O–H groups in total. The molecule has 1 amide bonds. The van der Waals surface area contributed by atoms with Crippen molar-refractivity contribution < 1.29 is 14.3 Å². The number of nitrogens with zero attached hydrogens (tertiary/aromatic N) is 2. The van der Waals surface area contributed by atoms with Gasteiger partial charge in [-0.2, -0.15) is 0 Å². The Bertz CT molecular complexity index is 727. The summed E-state index contributed by atoms with van der Waals surface area (Å²) in [6.07, 6.45) is 4.75. The van der Waals surface area contributed by atoms with Gasteiger partial charge in [-0.25, -0.2) is 4.79 Å². The van der Waals surface area contributed by atoms with Crippen LogP contribution in [0.25, 0.3) is 0 Å². The zero-order valence-corrected chi connectivity index (χ0v) is 14.0. The van der Waals surface area contributed by atoms with Gasteiger partial charge in [0.05, 0.1) is 17.7 Å². The second-order valence-corrected chi connectivity index (χ2v) is 6.49. The molecule has 2 fully saturated rings. The van der Waals surface area contributed by atoms with E-state index in [-0.39, 0.29) is 30.2 Å². The maximum atomic E-state index is 12.7. The Kier molecular flexibility index (Phi) is 4.60. The van der Waals surface area contributed by atoms with Gasteiger partial charge in [0.2, 0.25) is 5.91 Å². The SMILES string of the molecule is CO[C@@H]1CC[C@@]2(OC)CCN(C(=O)Cn3ccc(=O)[nH]c3=O)[C@H]2C1. The van der Waals surface area contributed by atoms with Crippen LogP contribution in [-0.4, -0.2) is 58.9 Å². The first-order valence-corrected chi connectivity index (χ1v) is 8.16. The van der Waals surface area contributed by atoms with Crippen LogP contribution in [0.3, 0.4) is 0 Å². The molecule has 24 heavy (non-hydrogen) atoms. The summed E-state index contributed by atoms with van der Waals surface area (Å²) in [7, 11) is 3.38. The molecule has 8 heteroatoms. The first kappa shape index (κ1) is 16.9. The van der Waals surface area contributed by atoms with Gasteiger partial charge in [-0.05, 0) is 25.7 Å². The van der Waals surface area contributed by atoms with Gasteiger partial charge in [0, 0.05) is 33.0 Å². The van der Waals surface area contributed by atoms with Crippen molar-refractivity contribution in [3.63, 3.8) is 0 Å². The quantitative estimate of drug-likeness (QED) is 0.816. The maximum absolute atomic E-state index is 12.7. The second kappa shape index (κ2) is 6.52. The Morgan fingerprint density at radius 1 is 1.38 bits per heavy atom. The standard InChI is InChI=1S/C16H23N3O5/c1-23-11-3-5-16(24-2)6-8-19(12(16)9-11)14(21)10-18-7-4-13(20)17-15(18)22/h4,7,11-12H,3,5-6,8-10H2,1-2H3,(H,17,20,22)/t11-,12+,16-/m1/s1. The summed E-state index contributed by atoms with van der Waals surface area (Å²) in [6.45, 7) is 0.509. The molecule has 0 bridgehead atoms. The van der Waals surface area contributed by atoms with E-state index in [0.29, 0.717) is 6.54 Å². The molecule has 3 atom stereocenters. The average Bonchev–Trinajstić information content (AvgIpc) is 2.96. The Balaban J connectivity index is 1.79. The molecule has 1 aliphatic heterocycles. The van der Waals surface area contributed by atoms with Crippen LogP contribution in [0.5, 0.6) is 0 Å². The van der Waals surface area contributed by atoms with E-state index < -0.39 is 11.2 Å². The zero-order valence-electron chi connectivity index (χ0n) is 14.0. The third-order valence-electron chi connectivity index (χ3n) is 5.40. The van der Waals surface area contributed by atoms with Gasteiger partial charge in [-0.15, -0.1) is 0 Å². The minimum atomic E-state index is -0.577. The summed E-state index contributed by atoms with van der Waals surface area (Å²) in [6, 6.07) is 1.19. The minimum Gasteiger partial charge on any atom is -0.381 e. The number of methoxy groups -OCH3 is 2. The Morgan fingerprint density at radius 2 is 2.17 bits per heavy atom. The number of aromatic nitrogens is 2. The molecule has 1 aromatic rings. The fourth-order valence-electron chi connectivity index (χ4n) is 3.98. The topological polar surface area (TPSA) is 93.6 Å². The van der Waals surface area contributed by atoms with Crippen LogP contribution in [0.2, 0.25) is 0 Å². The summed E-state index contributed by atoms with van der Waals surface area (Å²) < 4.78 is 12.5. The molecular weight excluding hydrogens is 314 g/mol. The summed E-state index contributed by atoms with van der Waals surface area (Å²) >= 11 is 0. The smallest absolute Gasteiger partial charge is 0.328 e. The largest absolute Gasteiger partial charge is 0.381 e. The number of likely N-dealkylation sites (tertiary alicyclic amines) is 1. The predicted octanol–water partition coefficient (Wildman–Crippen LogP) is -0.278. The molecule has 8 nitrogen and oxygen atoms in total. The van der Waals surface area contributed by atoms with Gasteiger partial charge in [-0.3, -0.25) is 19.1 Å². The molecule has 1 saturated carbocycles. The van der Waals surface area contributed by atoms with Crippen LogP contribution < -0.4 is 11.2 Å². The lowest BCUT2D eigenvalue weighted by Gasteiger charge is -2.43. The van der Waals surface area contributed by atoms with Gasteiger partial charge in [0.1, 0.15) is 6.54 Å². The minimum absolute atomic E-state index is 0.0489. The van der Waals surface area contributed by atoms with Crippen molar-refractivity contribution in [2.75, 3.05) is 20.8 Å². The molecule has 1 aliphatic carbocycles. The summed E-state index contributed by atoms with van der Waals surface area (Å²) in [4.78, 5) is 39.6. The molecule has 0 unspecified atom stereocenters.